The van der Waals surface area contributed by atoms with Crippen LogP contribution in [0.2, 0.25) is 0 Å². The summed E-state index contributed by atoms with van der Waals surface area (Å²) in [6.07, 6.45) is 0. The second kappa shape index (κ2) is 5.50. The summed E-state index contributed by atoms with van der Waals surface area (Å²) >= 11 is 0. The van der Waals surface area contributed by atoms with Crippen LogP contribution in [0.4, 0.5) is 0 Å². The first kappa shape index (κ1) is 17.2. The van der Waals surface area contributed by atoms with E-state index in [0.717, 1.165) is 0 Å². The number of sulfonamides is 1. The largest absolute Gasteiger partial charge is 0.465 e. The van der Waals surface area contributed by atoms with Crippen molar-refractivity contribution in [1.82, 2.24) is 4.31 Å². The minimum atomic E-state index is -3.69. The first-order chi connectivity index (χ1) is 8.94. The summed E-state index contributed by atoms with van der Waals surface area (Å²) < 4.78 is 32.3. The number of aliphatic hydroxyl groups excluding tert-OH is 1. The van der Waals surface area contributed by atoms with Gasteiger partial charge in [-0.25, -0.2) is 8.42 Å². The minimum absolute atomic E-state index is 0.0936. The summed E-state index contributed by atoms with van der Waals surface area (Å²) in [5, 5.41) is 9.41. The molecule has 0 radical (unpaired) electrons. The molecule has 0 saturated heterocycles. The molecule has 0 fully saturated rings. The topological polar surface area (TPSA) is 70.8 Å². The van der Waals surface area contributed by atoms with Gasteiger partial charge >= 0.3 is 0 Å². The van der Waals surface area contributed by atoms with E-state index in [2.05, 4.69) is 0 Å². The summed E-state index contributed by atoms with van der Waals surface area (Å²) in [4.78, 5) is 0.0936. The highest BCUT2D eigenvalue weighted by Gasteiger charge is 2.36. The number of nitrogens with zero attached hydrogens (tertiary/aromatic N) is 1. The molecular formula is C14H25NO4S. The standard InChI is InChI=1S/C14H25NO4S/c1-9-12(8-16)13(10(2)19-9)20(17,18)15(7)11(3)14(4,5)6/h11,16H,8H2,1-7H3. The molecule has 0 aliphatic carbocycles. The van der Waals surface area contributed by atoms with Crippen molar-refractivity contribution in [2.24, 2.45) is 5.41 Å². The Morgan fingerprint density at radius 1 is 1.25 bits per heavy atom. The maximum absolute atomic E-state index is 12.8. The maximum atomic E-state index is 12.8. The zero-order chi connectivity index (χ0) is 15.9. The van der Waals surface area contributed by atoms with Gasteiger partial charge in [0.15, 0.2) is 0 Å². The van der Waals surface area contributed by atoms with E-state index in [1.54, 1.807) is 20.9 Å². The van der Waals surface area contributed by atoms with Crippen molar-refractivity contribution in [3.8, 4) is 0 Å². The molecule has 0 saturated carbocycles. The highest BCUT2D eigenvalue weighted by molar-refractivity contribution is 7.89. The molecule has 0 aromatic carbocycles. The molecule has 0 bridgehead atoms. The predicted octanol–water partition coefficient (Wildman–Crippen LogP) is 2.44. The van der Waals surface area contributed by atoms with Gasteiger partial charge in [-0.05, 0) is 26.2 Å². The Hall–Kier alpha value is -0.850. The fraction of sp³-hybridized carbons (Fsp3) is 0.714. The number of aryl methyl sites for hydroxylation is 2. The van der Waals surface area contributed by atoms with E-state index >= 15 is 0 Å². The van der Waals surface area contributed by atoms with Crippen LogP contribution in [0.1, 0.15) is 44.8 Å². The summed E-state index contributed by atoms with van der Waals surface area (Å²) in [6, 6.07) is -0.186. The van der Waals surface area contributed by atoms with E-state index in [1.807, 2.05) is 27.7 Å². The highest BCUT2D eigenvalue weighted by Crippen LogP contribution is 2.32. The average molecular weight is 303 g/mol. The van der Waals surface area contributed by atoms with E-state index in [4.69, 9.17) is 4.42 Å². The molecule has 1 atom stereocenters. The number of hydrogen-bond acceptors (Lipinski definition) is 4. The van der Waals surface area contributed by atoms with Gasteiger partial charge in [0, 0.05) is 18.7 Å². The third kappa shape index (κ3) is 2.92. The molecular weight excluding hydrogens is 278 g/mol. The molecule has 0 aliphatic rings. The minimum Gasteiger partial charge on any atom is -0.465 e. The van der Waals surface area contributed by atoms with E-state index in [-0.39, 0.29) is 23.0 Å². The molecule has 1 unspecified atom stereocenters. The fourth-order valence-corrected chi connectivity index (χ4v) is 4.07. The first-order valence-corrected chi connectivity index (χ1v) is 8.06. The summed E-state index contributed by atoms with van der Waals surface area (Å²) in [5.74, 6) is 0.764. The third-order valence-electron chi connectivity index (χ3n) is 3.92. The smallest absolute Gasteiger partial charge is 0.246 e. The van der Waals surface area contributed by atoms with Crippen LogP contribution in [0.5, 0.6) is 0 Å². The van der Waals surface area contributed by atoms with Crippen molar-refractivity contribution < 1.29 is 17.9 Å². The molecule has 6 heteroatoms. The Balaban J connectivity index is 3.38. The monoisotopic (exact) mass is 303 g/mol. The van der Waals surface area contributed by atoms with Gasteiger partial charge in [-0.2, -0.15) is 4.31 Å². The van der Waals surface area contributed by atoms with Crippen LogP contribution in [0.3, 0.4) is 0 Å². The molecule has 5 nitrogen and oxygen atoms in total. The fourth-order valence-electron chi connectivity index (χ4n) is 2.13. The van der Waals surface area contributed by atoms with Crippen molar-refractivity contribution in [2.75, 3.05) is 7.05 Å². The molecule has 0 aliphatic heterocycles. The summed E-state index contributed by atoms with van der Waals surface area (Å²) in [6.45, 7) is 10.8. The summed E-state index contributed by atoms with van der Waals surface area (Å²) in [7, 11) is -2.13. The quantitative estimate of drug-likeness (QED) is 0.927. The van der Waals surface area contributed by atoms with Gasteiger partial charge in [-0.1, -0.05) is 20.8 Å². The number of rotatable bonds is 4. The molecule has 0 spiro atoms. The molecule has 1 heterocycles. The van der Waals surface area contributed by atoms with Gasteiger partial charge in [0.25, 0.3) is 0 Å². The van der Waals surface area contributed by atoms with Crippen LogP contribution >= 0.6 is 0 Å². The van der Waals surface area contributed by atoms with Crippen LogP contribution in [0, 0.1) is 19.3 Å². The van der Waals surface area contributed by atoms with E-state index in [9.17, 15) is 13.5 Å². The van der Waals surface area contributed by atoms with Crippen LogP contribution < -0.4 is 0 Å². The van der Waals surface area contributed by atoms with Gasteiger partial charge in [0.05, 0.1) is 6.61 Å². The van der Waals surface area contributed by atoms with E-state index in [0.29, 0.717) is 17.1 Å². The Labute approximate surface area is 121 Å². The lowest BCUT2D eigenvalue weighted by molar-refractivity contribution is 0.216. The number of aliphatic hydroxyl groups is 1. The van der Waals surface area contributed by atoms with E-state index < -0.39 is 10.0 Å². The second-order valence-corrected chi connectivity index (χ2v) is 8.18. The zero-order valence-electron chi connectivity index (χ0n) is 13.3. The van der Waals surface area contributed by atoms with Gasteiger partial charge < -0.3 is 9.52 Å². The van der Waals surface area contributed by atoms with Gasteiger partial charge in [-0.15, -0.1) is 0 Å². The van der Waals surface area contributed by atoms with E-state index in [1.165, 1.54) is 4.31 Å². The molecule has 0 amide bonds. The molecule has 1 aromatic rings. The summed E-state index contributed by atoms with van der Waals surface area (Å²) in [5.41, 5.74) is 0.156. The predicted molar refractivity (Wildman–Crippen MR) is 78.0 cm³/mol. The Kier molecular flexibility index (Phi) is 4.73. The Morgan fingerprint density at radius 2 is 1.75 bits per heavy atom. The van der Waals surface area contributed by atoms with Crippen LogP contribution in [0.25, 0.3) is 0 Å². The molecule has 1 aromatic heterocycles. The van der Waals surface area contributed by atoms with Crippen molar-refractivity contribution in [1.29, 1.82) is 0 Å². The lowest BCUT2D eigenvalue weighted by Crippen LogP contribution is -2.43. The van der Waals surface area contributed by atoms with Crippen LogP contribution in [-0.4, -0.2) is 30.9 Å². The Morgan fingerprint density at radius 3 is 2.15 bits per heavy atom. The molecule has 1 N–H and O–H groups in total. The average Bonchev–Trinajstić information content (AvgIpc) is 2.60. The SMILES string of the molecule is Cc1oc(C)c(S(=O)(=O)N(C)C(C)C(C)(C)C)c1CO. The van der Waals surface area contributed by atoms with Crippen molar-refractivity contribution in [2.45, 2.75) is 59.1 Å². The van der Waals surface area contributed by atoms with Gasteiger partial charge in [0.2, 0.25) is 10.0 Å². The molecule has 116 valence electrons. The van der Waals surface area contributed by atoms with Crippen molar-refractivity contribution >= 4 is 10.0 Å². The van der Waals surface area contributed by atoms with Gasteiger partial charge in [0.1, 0.15) is 16.4 Å². The molecule has 1 rings (SSSR count). The number of furan rings is 1. The van der Waals surface area contributed by atoms with Crippen LogP contribution in [0.15, 0.2) is 9.31 Å². The highest BCUT2D eigenvalue weighted by atomic mass is 32.2. The van der Waals surface area contributed by atoms with Crippen molar-refractivity contribution in [3.05, 3.63) is 17.1 Å². The normalized spacial score (nSPS) is 14.8. The Bertz CT molecular complexity index is 581. The maximum Gasteiger partial charge on any atom is 0.246 e. The number of hydrogen-bond donors (Lipinski definition) is 1. The van der Waals surface area contributed by atoms with Crippen LogP contribution in [-0.2, 0) is 16.6 Å². The second-order valence-electron chi connectivity index (χ2n) is 6.24. The first-order valence-electron chi connectivity index (χ1n) is 6.62. The zero-order valence-corrected chi connectivity index (χ0v) is 14.1. The van der Waals surface area contributed by atoms with Crippen molar-refractivity contribution in [3.63, 3.8) is 0 Å². The molecule has 20 heavy (non-hydrogen) atoms. The third-order valence-corrected chi connectivity index (χ3v) is 6.04. The van der Waals surface area contributed by atoms with Gasteiger partial charge in [-0.3, -0.25) is 0 Å². The lowest BCUT2D eigenvalue weighted by Gasteiger charge is -2.34. The lowest BCUT2D eigenvalue weighted by atomic mass is 9.88.